The molecule has 1 amide bonds. The Bertz CT molecular complexity index is 1200. The van der Waals surface area contributed by atoms with Gasteiger partial charge < -0.3 is 10.6 Å². The van der Waals surface area contributed by atoms with E-state index in [1.807, 2.05) is 6.07 Å². The third-order valence-electron chi connectivity index (χ3n) is 4.00. The molecule has 3 aromatic rings. The van der Waals surface area contributed by atoms with Crippen LogP contribution in [-0.2, 0) is 9.84 Å². The van der Waals surface area contributed by atoms with Gasteiger partial charge in [-0.3, -0.25) is 19.9 Å². The van der Waals surface area contributed by atoms with Gasteiger partial charge in [0.25, 0.3) is 11.6 Å². The maximum absolute atomic E-state index is 12.2. The predicted molar refractivity (Wildman–Crippen MR) is 107 cm³/mol. The van der Waals surface area contributed by atoms with Crippen LogP contribution in [0.3, 0.4) is 0 Å². The molecule has 2 N–H and O–H groups in total. The number of para-hydroxylation sites is 2. The first-order valence-corrected chi connectivity index (χ1v) is 10.4. The van der Waals surface area contributed by atoms with Crippen molar-refractivity contribution in [2.45, 2.75) is 4.90 Å². The molecule has 0 atom stereocenters. The predicted octanol–water partition coefficient (Wildman–Crippen LogP) is 1.78. The largest absolute Gasteiger partial charge is 0.378 e. The Morgan fingerprint density at radius 1 is 1.14 bits per heavy atom. The molecule has 0 fully saturated rings. The van der Waals surface area contributed by atoms with E-state index in [9.17, 15) is 23.3 Å². The highest BCUT2D eigenvalue weighted by Crippen LogP contribution is 2.27. The van der Waals surface area contributed by atoms with Crippen molar-refractivity contribution in [1.29, 1.82) is 0 Å². The second kappa shape index (κ2) is 8.19. The van der Waals surface area contributed by atoms with Crippen LogP contribution in [0.25, 0.3) is 11.0 Å². The topological polar surface area (TPSA) is 144 Å². The summed E-state index contributed by atoms with van der Waals surface area (Å²) in [6, 6.07) is 10.8. The van der Waals surface area contributed by atoms with Crippen LogP contribution < -0.4 is 10.6 Å². The molecule has 1 heterocycles. The van der Waals surface area contributed by atoms with Gasteiger partial charge in [-0.1, -0.05) is 12.1 Å². The van der Waals surface area contributed by atoms with Crippen LogP contribution in [0.15, 0.2) is 53.6 Å². The summed E-state index contributed by atoms with van der Waals surface area (Å²) in [4.78, 5) is 31.0. The third kappa shape index (κ3) is 4.82. The van der Waals surface area contributed by atoms with E-state index in [1.54, 1.807) is 18.2 Å². The number of hydrogen-bond acceptors (Lipinski definition) is 8. The summed E-state index contributed by atoms with van der Waals surface area (Å²) in [5, 5.41) is 16.7. The number of carbonyl (C=O) groups is 1. The quantitative estimate of drug-likeness (QED) is 0.337. The number of nitrogens with one attached hydrogen (secondary N) is 2. The van der Waals surface area contributed by atoms with Gasteiger partial charge in [-0.25, -0.2) is 13.4 Å². The molecule has 0 unspecified atom stereocenters. The van der Waals surface area contributed by atoms with E-state index in [0.717, 1.165) is 12.3 Å². The van der Waals surface area contributed by atoms with E-state index in [-0.39, 0.29) is 35.1 Å². The highest BCUT2D eigenvalue weighted by molar-refractivity contribution is 7.90. The SMILES string of the molecule is CS(=O)(=O)c1ccc(NCCNC(=O)c2cnc3ccccc3n2)c([N+](=O)[O-])c1. The zero-order chi connectivity index (χ0) is 21.0. The normalized spacial score (nSPS) is 11.2. The molecule has 2 aromatic carbocycles. The number of fused-ring (bicyclic) bond motifs is 1. The van der Waals surface area contributed by atoms with Gasteiger partial charge in [0.1, 0.15) is 11.4 Å². The Labute approximate surface area is 166 Å². The van der Waals surface area contributed by atoms with Gasteiger partial charge in [0.2, 0.25) is 0 Å². The average molecular weight is 415 g/mol. The van der Waals surface area contributed by atoms with Gasteiger partial charge in [0, 0.05) is 25.4 Å². The van der Waals surface area contributed by atoms with Gasteiger partial charge in [0.15, 0.2) is 9.84 Å². The zero-order valence-corrected chi connectivity index (χ0v) is 16.1. The van der Waals surface area contributed by atoms with Gasteiger partial charge in [-0.2, -0.15) is 0 Å². The van der Waals surface area contributed by atoms with Crippen molar-refractivity contribution < 1.29 is 18.1 Å². The Kier molecular flexibility index (Phi) is 5.69. The molecular formula is C18H17N5O5S. The number of hydrogen-bond donors (Lipinski definition) is 2. The molecule has 0 aliphatic rings. The van der Waals surface area contributed by atoms with Gasteiger partial charge >= 0.3 is 0 Å². The Morgan fingerprint density at radius 3 is 2.55 bits per heavy atom. The molecule has 29 heavy (non-hydrogen) atoms. The first-order chi connectivity index (χ1) is 13.8. The number of amides is 1. The van der Waals surface area contributed by atoms with Crippen molar-refractivity contribution >= 4 is 38.2 Å². The molecule has 0 saturated carbocycles. The van der Waals surface area contributed by atoms with Crippen molar-refractivity contribution in [3.8, 4) is 0 Å². The molecule has 1 aromatic heterocycles. The number of carbonyl (C=O) groups excluding carboxylic acids is 1. The van der Waals surface area contributed by atoms with Crippen molar-refractivity contribution in [2.75, 3.05) is 24.7 Å². The number of nitrogens with zero attached hydrogens (tertiary/aromatic N) is 3. The third-order valence-corrected chi connectivity index (χ3v) is 5.11. The van der Waals surface area contributed by atoms with Crippen LogP contribution in [0.2, 0.25) is 0 Å². The minimum atomic E-state index is -3.56. The molecule has 0 spiro atoms. The summed E-state index contributed by atoms with van der Waals surface area (Å²) >= 11 is 0. The fourth-order valence-corrected chi connectivity index (χ4v) is 3.21. The molecule has 0 aliphatic heterocycles. The lowest BCUT2D eigenvalue weighted by atomic mass is 10.2. The number of benzene rings is 2. The monoisotopic (exact) mass is 415 g/mol. The van der Waals surface area contributed by atoms with Crippen LogP contribution in [0, 0.1) is 10.1 Å². The summed E-state index contributed by atoms with van der Waals surface area (Å²) < 4.78 is 23.1. The summed E-state index contributed by atoms with van der Waals surface area (Å²) in [7, 11) is -3.56. The lowest BCUT2D eigenvalue weighted by Crippen LogP contribution is -2.29. The lowest BCUT2D eigenvalue weighted by molar-refractivity contribution is -0.384. The molecule has 150 valence electrons. The summed E-state index contributed by atoms with van der Waals surface area (Å²) in [5.41, 5.74) is 1.23. The molecular weight excluding hydrogens is 398 g/mol. The van der Waals surface area contributed by atoms with Crippen LogP contribution in [0.1, 0.15) is 10.5 Å². The minimum absolute atomic E-state index is 0.141. The maximum Gasteiger partial charge on any atom is 0.293 e. The number of rotatable bonds is 7. The Morgan fingerprint density at radius 2 is 1.86 bits per heavy atom. The maximum atomic E-state index is 12.2. The molecule has 0 aliphatic carbocycles. The lowest BCUT2D eigenvalue weighted by Gasteiger charge is -2.09. The van der Waals surface area contributed by atoms with E-state index in [4.69, 9.17) is 0 Å². The summed E-state index contributed by atoms with van der Waals surface area (Å²) in [6.45, 7) is 0.351. The van der Waals surface area contributed by atoms with Gasteiger partial charge in [-0.05, 0) is 24.3 Å². The van der Waals surface area contributed by atoms with Crippen molar-refractivity contribution in [1.82, 2.24) is 15.3 Å². The zero-order valence-electron chi connectivity index (χ0n) is 15.3. The van der Waals surface area contributed by atoms with Crippen molar-refractivity contribution in [3.63, 3.8) is 0 Å². The fraction of sp³-hybridized carbons (Fsp3) is 0.167. The molecule has 11 heteroatoms. The van der Waals surface area contributed by atoms with Crippen molar-refractivity contribution in [2.24, 2.45) is 0 Å². The molecule has 10 nitrogen and oxygen atoms in total. The highest BCUT2D eigenvalue weighted by atomic mass is 32.2. The van der Waals surface area contributed by atoms with Gasteiger partial charge in [-0.15, -0.1) is 0 Å². The molecule has 0 bridgehead atoms. The first-order valence-electron chi connectivity index (χ1n) is 8.48. The van der Waals surface area contributed by atoms with Crippen LogP contribution >= 0.6 is 0 Å². The van der Waals surface area contributed by atoms with Crippen LogP contribution in [0.5, 0.6) is 0 Å². The van der Waals surface area contributed by atoms with E-state index in [2.05, 4.69) is 20.6 Å². The number of nitro groups is 1. The Hall–Kier alpha value is -3.60. The summed E-state index contributed by atoms with van der Waals surface area (Å²) in [5.74, 6) is -0.424. The van der Waals surface area contributed by atoms with Crippen LogP contribution in [0.4, 0.5) is 11.4 Å². The average Bonchev–Trinajstić information content (AvgIpc) is 2.69. The van der Waals surface area contributed by atoms with E-state index in [1.165, 1.54) is 18.3 Å². The highest BCUT2D eigenvalue weighted by Gasteiger charge is 2.18. The van der Waals surface area contributed by atoms with Gasteiger partial charge in [0.05, 0.1) is 27.0 Å². The van der Waals surface area contributed by atoms with E-state index in [0.29, 0.717) is 11.0 Å². The molecule has 0 saturated heterocycles. The molecule has 3 rings (SSSR count). The number of sulfone groups is 1. The fourth-order valence-electron chi connectivity index (χ4n) is 2.57. The number of aromatic nitrogens is 2. The standard InChI is InChI=1S/C18H17N5O5S/c1-29(27,28)12-6-7-15(17(10-12)23(25)26)19-8-9-20-18(24)16-11-21-13-4-2-3-5-14(13)22-16/h2-7,10-11,19H,8-9H2,1H3,(H,20,24). The second-order valence-electron chi connectivity index (χ2n) is 6.13. The van der Waals surface area contributed by atoms with Crippen molar-refractivity contribution in [3.05, 3.63) is 64.5 Å². The molecule has 0 radical (unpaired) electrons. The van der Waals surface area contributed by atoms with E-state index >= 15 is 0 Å². The second-order valence-corrected chi connectivity index (χ2v) is 8.15. The smallest absolute Gasteiger partial charge is 0.293 e. The summed E-state index contributed by atoms with van der Waals surface area (Å²) in [6.07, 6.45) is 2.35. The van der Waals surface area contributed by atoms with Crippen LogP contribution in [-0.4, -0.2) is 48.6 Å². The minimum Gasteiger partial charge on any atom is -0.378 e. The first kappa shape index (κ1) is 20.1. The Balaban J connectivity index is 1.62. The number of anilines is 1. The number of nitro benzene ring substituents is 1. The van der Waals surface area contributed by atoms with E-state index < -0.39 is 20.7 Å².